The number of rotatable bonds is 4. The molecule has 0 aliphatic carbocycles. The van der Waals surface area contributed by atoms with E-state index in [1.54, 1.807) is 7.11 Å². The number of methoxy groups -OCH3 is 1. The zero-order chi connectivity index (χ0) is 25.4. The molecular weight excluding hydrogens is 456 g/mol. The van der Waals surface area contributed by atoms with Crippen molar-refractivity contribution in [2.45, 2.75) is 25.7 Å². The highest BCUT2D eigenvalue weighted by molar-refractivity contribution is 6.02. The number of ether oxygens (including phenoxy) is 1. The summed E-state index contributed by atoms with van der Waals surface area (Å²) in [7, 11) is 1.71. The van der Waals surface area contributed by atoms with Crippen LogP contribution in [0.15, 0.2) is 91.4 Å². The van der Waals surface area contributed by atoms with Crippen molar-refractivity contribution < 1.29 is 4.74 Å². The molecule has 1 N–H and O–H groups in total. The average Bonchev–Trinajstić information content (AvgIpc) is 3.35. The molecule has 0 saturated carbocycles. The molecule has 1 aliphatic heterocycles. The van der Waals surface area contributed by atoms with Crippen LogP contribution in [0.3, 0.4) is 0 Å². The molecule has 0 bridgehead atoms. The van der Waals surface area contributed by atoms with Crippen molar-refractivity contribution in [1.82, 2.24) is 19.9 Å². The lowest BCUT2D eigenvalue weighted by molar-refractivity contribution is 0.417. The fraction of sp³-hybridized carbons (Fsp3) is 0.250. The Morgan fingerprint density at radius 3 is 2.65 bits per heavy atom. The van der Waals surface area contributed by atoms with E-state index in [4.69, 9.17) is 9.72 Å². The van der Waals surface area contributed by atoms with Gasteiger partial charge in [-0.15, -0.1) is 0 Å². The molecule has 5 nitrogen and oxygen atoms in total. The topological polar surface area (TPSA) is 51.5 Å². The number of fused-ring (bicyclic) bond motifs is 2. The Morgan fingerprint density at radius 1 is 0.973 bits per heavy atom. The van der Waals surface area contributed by atoms with Gasteiger partial charge in [0.2, 0.25) is 0 Å². The zero-order valence-corrected chi connectivity index (χ0v) is 21.4. The van der Waals surface area contributed by atoms with Crippen LogP contribution in [-0.2, 0) is 0 Å². The lowest BCUT2D eigenvalue weighted by Gasteiger charge is -2.26. The second-order valence-corrected chi connectivity index (χ2v) is 10.2. The summed E-state index contributed by atoms with van der Waals surface area (Å²) in [5, 5.41) is 10.5. The average molecular weight is 489 g/mol. The number of nitrogens with one attached hydrogen (secondary N) is 1. The van der Waals surface area contributed by atoms with Gasteiger partial charge in [0.25, 0.3) is 0 Å². The summed E-state index contributed by atoms with van der Waals surface area (Å²) in [6.45, 7) is 8.66. The van der Waals surface area contributed by atoms with Crippen molar-refractivity contribution in [3.8, 4) is 28.0 Å². The molecule has 0 spiro atoms. The maximum Gasteiger partial charge on any atom is 0.162 e. The van der Waals surface area contributed by atoms with E-state index in [-0.39, 0.29) is 0 Å². The van der Waals surface area contributed by atoms with E-state index in [1.807, 2.05) is 23.0 Å². The molecule has 0 radical (unpaired) electrons. The summed E-state index contributed by atoms with van der Waals surface area (Å²) in [5.41, 5.74) is 7.55. The van der Waals surface area contributed by atoms with Crippen molar-refractivity contribution in [2.75, 3.05) is 20.2 Å². The van der Waals surface area contributed by atoms with Gasteiger partial charge in [-0.2, -0.15) is 5.10 Å². The third-order valence-corrected chi connectivity index (χ3v) is 7.67. The van der Waals surface area contributed by atoms with Crippen LogP contribution in [0.5, 0.6) is 5.75 Å². The minimum Gasteiger partial charge on any atom is -0.496 e. The fourth-order valence-corrected chi connectivity index (χ4v) is 5.57. The Bertz CT molecular complexity index is 1580. The van der Waals surface area contributed by atoms with Gasteiger partial charge in [-0.25, -0.2) is 9.50 Å². The molecule has 2 atom stereocenters. The van der Waals surface area contributed by atoms with Gasteiger partial charge >= 0.3 is 0 Å². The first-order valence-corrected chi connectivity index (χ1v) is 13.0. The maximum atomic E-state index is 5.73. The predicted octanol–water partition coefficient (Wildman–Crippen LogP) is 6.88. The Hall–Kier alpha value is -3.96. The molecular formula is C32H32N4O. The lowest BCUT2D eigenvalue weighted by Crippen LogP contribution is -2.28. The molecule has 5 aromatic rings. The SMILES string of the molecule is C=C1CNC[C@H](C)CCC1c1ccc(-c2cnc3c(-c4c(OC)ccc5ccccc45)cnn3c2)cc1. The molecule has 2 aromatic heterocycles. The standard InChI is InChI=1S/C32H32N4O/c1-21-8-14-27(22(2)17-33-16-21)25-11-9-23(10-12-25)26-18-34-32-29(19-35-36(32)20-26)31-28-7-5-4-6-24(28)13-15-30(31)37-3/h4-7,9-13,15,18-21,27,33H,2,8,14,16-17H2,1,3H3/t21-,27?/m1/s1. The van der Waals surface area contributed by atoms with Crippen LogP contribution >= 0.6 is 0 Å². The van der Waals surface area contributed by atoms with Crippen LogP contribution in [0.4, 0.5) is 0 Å². The number of hydrogen-bond acceptors (Lipinski definition) is 4. The molecule has 186 valence electrons. The number of benzene rings is 3. The van der Waals surface area contributed by atoms with Gasteiger partial charge in [-0.1, -0.05) is 73.7 Å². The Morgan fingerprint density at radius 2 is 1.81 bits per heavy atom. The normalized spacial score (nSPS) is 18.6. The van der Waals surface area contributed by atoms with Crippen LogP contribution in [-0.4, -0.2) is 34.8 Å². The molecule has 1 fully saturated rings. The van der Waals surface area contributed by atoms with E-state index in [0.29, 0.717) is 11.8 Å². The summed E-state index contributed by atoms with van der Waals surface area (Å²) in [4.78, 5) is 4.85. The van der Waals surface area contributed by atoms with Crippen molar-refractivity contribution in [2.24, 2.45) is 5.92 Å². The first-order valence-electron chi connectivity index (χ1n) is 13.0. The van der Waals surface area contributed by atoms with Crippen molar-refractivity contribution in [3.05, 3.63) is 97.0 Å². The Balaban J connectivity index is 1.33. The molecule has 6 rings (SSSR count). The molecule has 3 heterocycles. The third kappa shape index (κ3) is 4.40. The molecule has 1 aliphatic rings. The fourth-order valence-electron chi connectivity index (χ4n) is 5.57. The minimum absolute atomic E-state index is 0.397. The zero-order valence-electron chi connectivity index (χ0n) is 21.4. The number of hydrogen-bond donors (Lipinski definition) is 1. The smallest absolute Gasteiger partial charge is 0.162 e. The largest absolute Gasteiger partial charge is 0.496 e. The lowest BCUT2D eigenvalue weighted by atomic mass is 9.84. The van der Waals surface area contributed by atoms with Crippen LogP contribution < -0.4 is 10.1 Å². The number of nitrogens with zero attached hydrogens (tertiary/aromatic N) is 3. The summed E-state index contributed by atoms with van der Waals surface area (Å²) in [6, 6.07) is 21.3. The van der Waals surface area contributed by atoms with Gasteiger partial charge in [0, 0.05) is 36.0 Å². The van der Waals surface area contributed by atoms with E-state index in [2.05, 4.69) is 84.7 Å². The minimum atomic E-state index is 0.397. The highest BCUT2D eigenvalue weighted by atomic mass is 16.5. The molecule has 5 heteroatoms. The summed E-state index contributed by atoms with van der Waals surface area (Å²) in [5.74, 6) is 1.91. The Labute approximate surface area is 217 Å². The van der Waals surface area contributed by atoms with E-state index in [0.717, 1.165) is 63.9 Å². The van der Waals surface area contributed by atoms with E-state index < -0.39 is 0 Å². The molecule has 37 heavy (non-hydrogen) atoms. The van der Waals surface area contributed by atoms with Crippen LogP contribution in [0.25, 0.3) is 38.7 Å². The van der Waals surface area contributed by atoms with Gasteiger partial charge in [0.1, 0.15) is 5.75 Å². The van der Waals surface area contributed by atoms with Crippen LogP contribution in [0, 0.1) is 5.92 Å². The summed E-state index contributed by atoms with van der Waals surface area (Å²) >= 11 is 0. The third-order valence-electron chi connectivity index (χ3n) is 7.67. The molecule has 1 unspecified atom stereocenters. The van der Waals surface area contributed by atoms with Gasteiger partial charge < -0.3 is 10.1 Å². The number of aromatic nitrogens is 3. The highest BCUT2D eigenvalue weighted by Gasteiger charge is 2.20. The maximum absolute atomic E-state index is 5.73. The van der Waals surface area contributed by atoms with Crippen molar-refractivity contribution >= 4 is 16.4 Å². The van der Waals surface area contributed by atoms with E-state index in [1.165, 1.54) is 17.6 Å². The quantitative estimate of drug-likeness (QED) is 0.280. The Kier molecular flexibility index (Phi) is 6.23. The van der Waals surface area contributed by atoms with Crippen molar-refractivity contribution in [1.29, 1.82) is 0 Å². The monoisotopic (exact) mass is 488 g/mol. The van der Waals surface area contributed by atoms with Gasteiger partial charge in [-0.3, -0.25) is 0 Å². The first-order chi connectivity index (χ1) is 18.1. The molecule has 1 saturated heterocycles. The molecule has 3 aromatic carbocycles. The first kappa shape index (κ1) is 23.4. The van der Waals surface area contributed by atoms with E-state index >= 15 is 0 Å². The van der Waals surface area contributed by atoms with Crippen LogP contribution in [0.1, 0.15) is 31.2 Å². The molecule has 0 amide bonds. The van der Waals surface area contributed by atoms with Gasteiger partial charge in [0.15, 0.2) is 5.65 Å². The van der Waals surface area contributed by atoms with Gasteiger partial charge in [0.05, 0.1) is 18.9 Å². The van der Waals surface area contributed by atoms with Crippen molar-refractivity contribution in [3.63, 3.8) is 0 Å². The van der Waals surface area contributed by atoms with E-state index in [9.17, 15) is 0 Å². The second-order valence-electron chi connectivity index (χ2n) is 10.2. The summed E-state index contributed by atoms with van der Waals surface area (Å²) in [6.07, 6.45) is 8.24. The van der Waals surface area contributed by atoms with Crippen LogP contribution in [0.2, 0.25) is 0 Å². The highest BCUT2D eigenvalue weighted by Crippen LogP contribution is 2.39. The summed E-state index contributed by atoms with van der Waals surface area (Å²) < 4.78 is 7.60. The predicted molar refractivity (Wildman–Crippen MR) is 151 cm³/mol. The van der Waals surface area contributed by atoms with Gasteiger partial charge in [-0.05, 0) is 53.3 Å². The second kappa shape index (κ2) is 9.83.